The van der Waals surface area contributed by atoms with Crippen molar-refractivity contribution in [2.75, 3.05) is 0 Å². The number of hydrogen-bond acceptors (Lipinski definition) is 0. The Morgan fingerprint density at radius 2 is 1.39 bits per heavy atom. The lowest BCUT2D eigenvalue weighted by Gasteiger charge is -2.26. The monoisotopic (exact) mass is 340 g/mol. The fraction of sp³-hybridized carbons (Fsp3) is 0.333. The van der Waals surface area contributed by atoms with Crippen molar-refractivity contribution >= 4 is 24.5 Å². The van der Waals surface area contributed by atoms with E-state index in [0.29, 0.717) is 5.54 Å². The molecule has 0 spiro atoms. The molecule has 120 valence electrons. The van der Waals surface area contributed by atoms with Gasteiger partial charge in [-0.15, -0.1) is 0 Å². The molecule has 0 amide bonds. The number of aryl methyl sites for hydroxylation is 3. The topological polar surface area (TPSA) is 0 Å². The molecule has 2 heteroatoms. The number of halogens is 1. The Labute approximate surface area is 145 Å². The molecule has 0 heterocycles. The van der Waals surface area contributed by atoms with E-state index in [0.717, 1.165) is 0 Å². The fourth-order valence-electron chi connectivity index (χ4n) is 4.06. The van der Waals surface area contributed by atoms with Crippen molar-refractivity contribution < 1.29 is 0 Å². The molecule has 1 atom stereocenters. The largest absolute Gasteiger partial charge is 0.167 e. The predicted molar refractivity (Wildman–Crippen MR) is 106 cm³/mol. The molecule has 0 aliphatic heterocycles. The molecule has 0 fully saturated rings. The minimum Gasteiger partial charge on any atom is -0.167 e. The molecule has 0 radical (unpaired) electrons. The van der Waals surface area contributed by atoms with Crippen LogP contribution in [0.25, 0.3) is 17.2 Å². The number of benzene rings is 2. The molecule has 0 saturated heterocycles. The zero-order valence-electron chi connectivity index (χ0n) is 14.9. The zero-order chi connectivity index (χ0) is 16.9. The third-order valence-electron chi connectivity index (χ3n) is 4.71. The second kappa shape index (κ2) is 5.65. The molecule has 2 aromatic carbocycles. The van der Waals surface area contributed by atoms with E-state index in [1.165, 1.54) is 44.5 Å². The van der Waals surface area contributed by atoms with Crippen LogP contribution in [0.2, 0.25) is 13.1 Å². The first kappa shape index (κ1) is 16.5. The Morgan fingerprint density at radius 1 is 0.826 bits per heavy atom. The van der Waals surface area contributed by atoms with Gasteiger partial charge in [-0.1, -0.05) is 71.8 Å². The van der Waals surface area contributed by atoms with E-state index in [1.54, 1.807) is 0 Å². The summed E-state index contributed by atoms with van der Waals surface area (Å²) >= 11 is 6.86. The lowest BCUT2D eigenvalue weighted by Crippen LogP contribution is -2.28. The van der Waals surface area contributed by atoms with Crippen molar-refractivity contribution in [3.05, 3.63) is 63.7 Å². The van der Waals surface area contributed by atoms with Crippen molar-refractivity contribution in [2.45, 2.75) is 46.3 Å². The van der Waals surface area contributed by atoms with E-state index in [4.69, 9.17) is 11.1 Å². The minimum atomic E-state index is -1.80. The lowest BCUT2D eigenvalue weighted by molar-refractivity contribution is 1.09. The Balaban J connectivity index is 2.26. The van der Waals surface area contributed by atoms with E-state index >= 15 is 0 Å². The Morgan fingerprint density at radius 3 is 1.96 bits per heavy atom. The summed E-state index contributed by atoms with van der Waals surface area (Å²) in [5.74, 6) is 0. The van der Waals surface area contributed by atoms with Gasteiger partial charge in [0, 0.05) is 5.54 Å². The molecule has 23 heavy (non-hydrogen) atoms. The maximum atomic E-state index is 6.86. The van der Waals surface area contributed by atoms with Crippen molar-refractivity contribution in [2.24, 2.45) is 0 Å². The van der Waals surface area contributed by atoms with E-state index in [-0.39, 0.29) is 0 Å². The van der Waals surface area contributed by atoms with E-state index in [9.17, 15) is 0 Å². The molecule has 0 nitrogen and oxygen atoms in total. The van der Waals surface area contributed by atoms with Gasteiger partial charge in [0.05, 0.1) is 0 Å². The molecule has 1 aliphatic carbocycles. The highest BCUT2D eigenvalue weighted by molar-refractivity contribution is 7.20. The lowest BCUT2D eigenvalue weighted by atomic mass is 9.93. The highest BCUT2D eigenvalue weighted by atomic mass is 35.6. The molecule has 0 bridgehead atoms. The predicted octanol–water partition coefficient (Wildman–Crippen LogP) is 6.76. The molecule has 2 aromatic rings. The van der Waals surface area contributed by atoms with Crippen LogP contribution < -0.4 is 0 Å². The second-order valence-corrected chi connectivity index (χ2v) is 14.2. The summed E-state index contributed by atoms with van der Waals surface area (Å²) < 4.78 is 0. The summed E-state index contributed by atoms with van der Waals surface area (Å²) in [5.41, 5.74) is 11.3. The third-order valence-corrected chi connectivity index (χ3v) is 7.51. The molecule has 1 unspecified atom stereocenters. The summed E-state index contributed by atoms with van der Waals surface area (Å²) in [4.78, 5) is 0. The van der Waals surface area contributed by atoms with Crippen LogP contribution in [0.3, 0.4) is 0 Å². The SMILES string of the molecule is CC1=Cc2c(-c3cc(C)cc(C)c3)cc(C)cc2C1[Si](C)(C)Cl. The summed E-state index contributed by atoms with van der Waals surface area (Å²) in [6, 6.07) is 11.5. The van der Waals surface area contributed by atoms with E-state index in [1.807, 2.05) is 0 Å². The van der Waals surface area contributed by atoms with Crippen molar-refractivity contribution in [3.63, 3.8) is 0 Å². The summed E-state index contributed by atoms with van der Waals surface area (Å²) in [6.45, 7) is 13.3. The van der Waals surface area contributed by atoms with Crippen LogP contribution in [-0.2, 0) is 0 Å². The molecule has 0 N–H and O–H groups in total. The minimum absolute atomic E-state index is 0.420. The quantitative estimate of drug-likeness (QED) is 0.418. The van der Waals surface area contributed by atoms with Crippen LogP contribution in [0, 0.1) is 20.8 Å². The van der Waals surface area contributed by atoms with Gasteiger partial charge in [0.2, 0.25) is 0 Å². The van der Waals surface area contributed by atoms with Gasteiger partial charge < -0.3 is 0 Å². The summed E-state index contributed by atoms with van der Waals surface area (Å²) in [7, 11) is -1.80. The fourth-order valence-corrected chi connectivity index (χ4v) is 7.08. The molecular weight excluding hydrogens is 316 g/mol. The Hall–Kier alpha value is -1.31. The van der Waals surface area contributed by atoms with Gasteiger partial charge in [0.15, 0.2) is 7.38 Å². The number of hydrogen-bond donors (Lipinski definition) is 0. The average Bonchev–Trinajstić information content (AvgIpc) is 2.72. The Kier molecular flexibility index (Phi) is 4.06. The maximum absolute atomic E-state index is 6.86. The molecular formula is C21H25ClSi. The smallest absolute Gasteiger partial charge is 0.161 e. The highest BCUT2D eigenvalue weighted by Crippen LogP contribution is 2.47. The number of rotatable bonds is 2. The van der Waals surface area contributed by atoms with Crippen LogP contribution in [-0.4, -0.2) is 7.38 Å². The van der Waals surface area contributed by atoms with Crippen LogP contribution in [0.1, 0.15) is 40.3 Å². The highest BCUT2D eigenvalue weighted by Gasteiger charge is 2.37. The molecule has 0 aromatic heterocycles. The van der Waals surface area contributed by atoms with Gasteiger partial charge in [-0.25, -0.2) is 0 Å². The van der Waals surface area contributed by atoms with Gasteiger partial charge in [-0.3, -0.25) is 0 Å². The first-order chi connectivity index (χ1) is 10.7. The third kappa shape index (κ3) is 3.05. The van der Waals surface area contributed by atoms with Crippen LogP contribution in [0.5, 0.6) is 0 Å². The van der Waals surface area contributed by atoms with Gasteiger partial charge in [0.25, 0.3) is 0 Å². The van der Waals surface area contributed by atoms with Crippen molar-refractivity contribution in [1.82, 2.24) is 0 Å². The zero-order valence-corrected chi connectivity index (χ0v) is 16.7. The second-order valence-electron chi connectivity index (χ2n) is 7.58. The van der Waals surface area contributed by atoms with Gasteiger partial charge >= 0.3 is 0 Å². The average molecular weight is 341 g/mol. The van der Waals surface area contributed by atoms with E-state index in [2.05, 4.69) is 77.2 Å². The number of allylic oxidation sites excluding steroid dienone is 1. The van der Waals surface area contributed by atoms with Crippen molar-refractivity contribution in [3.8, 4) is 11.1 Å². The standard InChI is InChI=1S/C21H25ClSi/c1-13-7-14(2)9-17(8-13)18-10-15(3)11-20-19(18)12-16(4)21(20)23(5,6)22/h7-12,21H,1-6H3. The van der Waals surface area contributed by atoms with Crippen molar-refractivity contribution in [1.29, 1.82) is 0 Å². The van der Waals surface area contributed by atoms with Crippen LogP contribution >= 0.6 is 11.1 Å². The van der Waals surface area contributed by atoms with Gasteiger partial charge in [0.1, 0.15) is 0 Å². The number of fused-ring (bicyclic) bond motifs is 1. The summed E-state index contributed by atoms with van der Waals surface area (Å²) in [5, 5.41) is 0. The molecule has 1 aliphatic rings. The Bertz CT molecular complexity index is 789. The maximum Gasteiger partial charge on any atom is 0.161 e. The van der Waals surface area contributed by atoms with E-state index < -0.39 is 7.38 Å². The first-order valence-corrected chi connectivity index (χ1v) is 12.4. The van der Waals surface area contributed by atoms with Gasteiger partial charge in [-0.05, 0) is 49.9 Å². The molecule has 3 rings (SSSR count). The van der Waals surface area contributed by atoms with Crippen LogP contribution in [0.4, 0.5) is 0 Å². The van der Waals surface area contributed by atoms with Crippen LogP contribution in [0.15, 0.2) is 35.9 Å². The summed E-state index contributed by atoms with van der Waals surface area (Å²) in [6.07, 6.45) is 2.36. The molecule has 0 saturated carbocycles. The van der Waals surface area contributed by atoms with Gasteiger partial charge in [-0.2, -0.15) is 11.1 Å². The normalized spacial score (nSPS) is 17.2. The first-order valence-electron chi connectivity index (χ1n) is 8.27.